The van der Waals surface area contributed by atoms with E-state index in [1.807, 2.05) is 0 Å². The molecule has 0 bridgehead atoms. The Bertz CT molecular complexity index is 381. The zero-order valence-corrected chi connectivity index (χ0v) is 9.68. The van der Waals surface area contributed by atoms with Crippen LogP contribution in [0, 0.1) is 13.8 Å². The second-order valence-corrected chi connectivity index (χ2v) is 5.49. The van der Waals surface area contributed by atoms with Crippen molar-refractivity contribution in [3.8, 4) is 5.75 Å². The summed E-state index contributed by atoms with van der Waals surface area (Å²) >= 11 is 0. The van der Waals surface area contributed by atoms with Crippen LogP contribution in [0.1, 0.15) is 11.1 Å². The first kappa shape index (κ1) is 9.28. The van der Waals surface area contributed by atoms with E-state index in [4.69, 9.17) is 4.43 Å². The van der Waals surface area contributed by atoms with Crippen molar-refractivity contribution in [2.45, 2.75) is 13.8 Å². The summed E-state index contributed by atoms with van der Waals surface area (Å²) in [5, 5.41) is 0. The molecule has 0 radical (unpaired) electrons. The van der Waals surface area contributed by atoms with Crippen LogP contribution in [0.4, 0.5) is 0 Å². The average Bonchev–Trinajstić information content (AvgIpc) is 2.66. The first-order valence-electron chi connectivity index (χ1n) is 4.85. The van der Waals surface area contributed by atoms with Gasteiger partial charge in [0.15, 0.2) is 0 Å². The quantitative estimate of drug-likeness (QED) is 0.670. The van der Waals surface area contributed by atoms with E-state index < -0.39 is 9.04 Å². The van der Waals surface area contributed by atoms with Crippen molar-refractivity contribution in [1.29, 1.82) is 0 Å². The van der Waals surface area contributed by atoms with Crippen LogP contribution < -0.4 is 4.43 Å². The lowest BCUT2D eigenvalue weighted by Gasteiger charge is -2.13. The van der Waals surface area contributed by atoms with E-state index >= 15 is 0 Å². The Hall–Kier alpha value is -1.28. The molecule has 72 valence electrons. The second-order valence-electron chi connectivity index (χ2n) is 3.55. The molecule has 0 fully saturated rings. The maximum absolute atomic E-state index is 5.95. The molecule has 0 N–H and O–H groups in total. The molecule has 0 saturated heterocycles. The standard InChI is InChI=1S/C12H14OSi/c1-10-6-5-7-12(11(10)2)13-14-8-3-4-9-14/h3-9,14H,1-2H3. The summed E-state index contributed by atoms with van der Waals surface area (Å²) in [7, 11) is -1.22. The molecular weight excluding hydrogens is 188 g/mol. The average molecular weight is 202 g/mol. The highest BCUT2D eigenvalue weighted by Crippen LogP contribution is 2.21. The van der Waals surface area contributed by atoms with Crippen LogP contribution in [0.2, 0.25) is 0 Å². The topological polar surface area (TPSA) is 9.23 Å². The van der Waals surface area contributed by atoms with Crippen LogP contribution >= 0.6 is 0 Å². The smallest absolute Gasteiger partial charge is 0.284 e. The van der Waals surface area contributed by atoms with Gasteiger partial charge in [-0.2, -0.15) is 0 Å². The lowest BCUT2D eigenvalue weighted by atomic mass is 10.1. The third-order valence-electron chi connectivity index (χ3n) is 2.53. The van der Waals surface area contributed by atoms with E-state index in [1.54, 1.807) is 0 Å². The molecule has 0 amide bonds. The van der Waals surface area contributed by atoms with Crippen LogP contribution in [0.3, 0.4) is 0 Å². The fourth-order valence-corrected chi connectivity index (χ4v) is 3.02. The van der Waals surface area contributed by atoms with Gasteiger partial charge in [-0.1, -0.05) is 35.7 Å². The van der Waals surface area contributed by atoms with E-state index in [0.717, 1.165) is 5.75 Å². The van der Waals surface area contributed by atoms with E-state index in [1.165, 1.54) is 11.1 Å². The Balaban J connectivity index is 2.20. The van der Waals surface area contributed by atoms with Crippen LogP contribution in [0.5, 0.6) is 5.75 Å². The fraction of sp³-hybridized carbons (Fsp3) is 0.167. The predicted molar refractivity (Wildman–Crippen MR) is 62.0 cm³/mol. The highest BCUT2D eigenvalue weighted by atomic mass is 28.3. The van der Waals surface area contributed by atoms with Crippen LogP contribution in [0.15, 0.2) is 41.7 Å². The predicted octanol–water partition coefficient (Wildman–Crippen LogP) is 2.61. The maximum atomic E-state index is 5.95. The molecule has 0 unspecified atom stereocenters. The first-order valence-corrected chi connectivity index (χ1v) is 6.66. The molecule has 0 atom stereocenters. The van der Waals surface area contributed by atoms with Crippen molar-refractivity contribution in [3.63, 3.8) is 0 Å². The molecule has 14 heavy (non-hydrogen) atoms. The minimum Gasteiger partial charge on any atom is -0.538 e. The van der Waals surface area contributed by atoms with Crippen LogP contribution in [0.25, 0.3) is 0 Å². The van der Waals surface area contributed by atoms with E-state index in [9.17, 15) is 0 Å². The Morgan fingerprint density at radius 3 is 2.50 bits per heavy atom. The van der Waals surface area contributed by atoms with Crippen molar-refractivity contribution < 1.29 is 4.43 Å². The summed E-state index contributed by atoms with van der Waals surface area (Å²) in [6, 6.07) is 6.22. The zero-order chi connectivity index (χ0) is 9.97. The molecule has 0 saturated carbocycles. The third kappa shape index (κ3) is 1.80. The Kier molecular flexibility index (Phi) is 2.55. The fourth-order valence-electron chi connectivity index (χ4n) is 1.49. The van der Waals surface area contributed by atoms with E-state index in [0.29, 0.717) is 0 Å². The first-order chi connectivity index (χ1) is 6.77. The third-order valence-corrected chi connectivity index (χ3v) is 4.26. The van der Waals surface area contributed by atoms with Gasteiger partial charge in [0, 0.05) is 0 Å². The molecule has 1 heterocycles. The number of rotatable bonds is 2. The van der Waals surface area contributed by atoms with Gasteiger partial charge in [0.05, 0.1) is 0 Å². The van der Waals surface area contributed by atoms with Crippen molar-refractivity contribution in [3.05, 3.63) is 52.9 Å². The Morgan fingerprint density at radius 2 is 1.79 bits per heavy atom. The highest BCUT2D eigenvalue weighted by molar-refractivity contribution is 6.64. The monoisotopic (exact) mass is 202 g/mol. The van der Waals surface area contributed by atoms with Gasteiger partial charge in [-0.3, -0.25) is 0 Å². The van der Waals surface area contributed by atoms with Gasteiger partial charge in [-0.15, -0.1) is 0 Å². The van der Waals surface area contributed by atoms with Gasteiger partial charge >= 0.3 is 0 Å². The van der Waals surface area contributed by atoms with E-state index in [2.05, 4.69) is 55.6 Å². The van der Waals surface area contributed by atoms with Crippen LogP contribution in [-0.4, -0.2) is 9.04 Å². The molecule has 1 aliphatic rings. The van der Waals surface area contributed by atoms with Gasteiger partial charge in [0.25, 0.3) is 9.04 Å². The Morgan fingerprint density at radius 1 is 1.07 bits per heavy atom. The van der Waals surface area contributed by atoms with Crippen molar-refractivity contribution in [2.75, 3.05) is 0 Å². The SMILES string of the molecule is Cc1cccc(O[SiH]2C=CC=C2)c1C. The minimum absolute atomic E-state index is 1.04. The minimum atomic E-state index is -1.22. The number of aryl methyl sites for hydroxylation is 1. The molecule has 0 aromatic heterocycles. The number of hydrogen-bond donors (Lipinski definition) is 0. The summed E-state index contributed by atoms with van der Waals surface area (Å²) in [5.41, 5.74) is 6.92. The summed E-state index contributed by atoms with van der Waals surface area (Å²) in [5.74, 6) is 1.04. The highest BCUT2D eigenvalue weighted by Gasteiger charge is 2.10. The maximum Gasteiger partial charge on any atom is 0.284 e. The number of benzene rings is 1. The molecular formula is C12H14OSi. The molecule has 1 aromatic rings. The van der Waals surface area contributed by atoms with Gasteiger partial charge < -0.3 is 4.43 Å². The normalized spacial score (nSPS) is 15.0. The lowest BCUT2D eigenvalue weighted by molar-refractivity contribution is 0.584. The van der Waals surface area contributed by atoms with E-state index in [-0.39, 0.29) is 0 Å². The molecule has 1 nitrogen and oxygen atoms in total. The molecule has 2 heteroatoms. The second kappa shape index (κ2) is 3.84. The molecule has 1 aliphatic heterocycles. The van der Waals surface area contributed by atoms with Crippen molar-refractivity contribution in [2.24, 2.45) is 0 Å². The Labute approximate surface area is 86.5 Å². The number of hydrogen-bond acceptors (Lipinski definition) is 1. The van der Waals surface area contributed by atoms with Gasteiger partial charge in [0.1, 0.15) is 5.75 Å². The summed E-state index contributed by atoms with van der Waals surface area (Å²) in [4.78, 5) is 0. The molecule has 0 aliphatic carbocycles. The summed E-state index contributed by atoms with van der Waals surface area (Å²) in [6.45, 7) is 4.23. The molecule has 2 rings (SSSR count). The zero-order valence-electron chi connectivity index (χ0n) is 8.53. The molecule has 1 aromatic carbocycles. The summed E-state index contributed by atoms with van der Waals surface area (Å²) in [6.07, 6.45) is 4.14. The number of allylic oxidation sites excluding steroid dienone is 2. The van der Waals surface area contributed by atoms with Gasteiger partial charge in [-0.25, -0.2) is 0 Å². The van der Waals surface area contributed by atoms with Crippen molar-refractivity contribution in [1.82, 2.24) is 0 Å². The molecule has 0 spiro atoms. The largest absolute Gasteiger partial charge is 0.538 e. The van der Waals surface area contributed by atoms with Gasteiger partial charge in [-0.05, 0) is 31.0 Å². The van der Waals surface area contributed by atoms with Gasteiger partial charge in [0.2, 0.25) is 0 Å². The lowest BCUT2D eigenvalue weighted by Crippen LogP contribution is -2.15. The summed E-state index contributed by atoms with van der Waals surface area (Å²) < 4.78 is 5.95. The van der Waals surface area contributed by atoms with Crippen molar-refractivity contribution >= 4 is 9.04 Å². The van der Waals surface area contributed by atoms with Crippen LogP contribution in [-0.2, 0) is 0 Å².